The molecule has 0 N–H and O–H groups in total. The number of ether oxygens (including phenoxy) is 2. The summed E-state index contributed by atoms with van der Waals surface area (Å²) in [5.41, 5.74) is 0.463. The number of hydrogen-bond donors (Lipinski definition) is 0. The molecule has 1 saturated heterocycles. The fourth-order valence-corrected chi connectivity index (χ4v) is 3.00. The van der Waals surface area contributed by atoms with Gasteiger partial charge in [0.05, 0.1) is 24.8 Å². The first-order valence-corrected chi connectivity index (χ1v) is 7.70. The second kappa shape index (κ2) is 5.47. The number of aromatic nitrogens is 2. The van der Waals surface area contributed by atoms with Crippen molar-refractivity contribution >= 4 is 5.91 Å². The zero-order chi connectivity index (χ0) is 16.8. The van der Waals surface area contributed by atoms with Crippen molar-refractivity contribution in [1.82, 2.24) is 14.7 Å². The minimum atomic E-state index is -0.682. The molecule has 126 valence electrons. The highest BCUT2D eigenvalue weighted by Gasteiger charge is 2.43. The average molecular weight is 335 g/mol. The third-order valence-corrected chi connectivity index (χ3v) is 4.26. The summed E-state index contributed by atoms with van der Waals surface area (Å²) in [5.74, 6) is -2.03. The molecule has 0 aliphatic carbocycles. The molecule has 0 radical (unpaired) electrons. The van der Waals surface area contributed by atoms with Gasteiger partial charge in [-0.05, 0) is 19.1 Å². The number of nitrogens with zero attached hydrogens (tertiary/aromatic N) is 3. The molecule has 0 unspecified atom stereocenters. The Balaban J connectivity index is 1.54. The highest BCUT2D eigenvalue weighted by molar-refractivity contribution is 5.94. The normalized spacial score (nSPS) is 21.7. The van der Waals surface area contributed by atoms with Crippen molar-refractivity contribution in [2.45, 2.75) is 25.7 Å². The molecule has 6 nitrogen and oxygen atoms in total. The number of halogens is 2. The van der Waals surface area contributed by atoms with Crippen molar-refractivity contribution in [2.24, 2.45) is 0 Å². The second-order valence-corrected chi connectivity index (χ2v) is 5.79. The van der Waals surface area contributed by atoms with Gasteiger partial charge in [0.25, 0.3) is 5.91 Å². The van der Waals surface area contributed by atoms with E-state index in [9.17, 15) is 13.6 Å². The van der Waals surface area contributed by atoms with Crippen molar-refractivity contribution in [3.63, 3.8) is 0 Å². The predicted molar refractivity (Wildman–Crippen MR) is 79.0 cm³/mol. The molecule has 1 amide bonds. The van der Waals surface area contributed by atoms with Gasteiger partial charge in [0.1, 0.15) is 0 Å². The van der Waals surface area contributed by atoms with Crippen molar-refractivity contribution < 1.29 is 23.0 Å². The Labute approximate surface area is 136 Å². The van der Waals surface area contributed by atoms with Crippen LogP contribution in [0.25, 0.3) is 0 Å². The van der Waals surface area contributed by atoms with Gasteiger partial charge in [-0.1, -0.05) is 0 Å². The van der Waals surface area contributed by atoms with E-state index in [1.54, 1.807) is 15.8 Å². The van der Waals surface area contributed by atoms with Crippen LogP contribution in [0.5, 0.6) is 11.5 Å². The quantitative estimate of drug-likeness (QED) is 0.840. The summed E-state index contributed by atoms with van der Waals surface area (Å²) in [4.78, 5) is 14.1. The zero-order valence-corrected chi connectivity index (χ0v) is 12.9. The summed E-state index contributed by atoms with van der Waals surface area (Å²) in [5, 5.41) is 4.08. The number of benzene rings is 1. The first-order chi connectivity index (χ1) is 11.6. The predicted octanol–water partition coefficient (Wildman–Crippen LogP) is 1.85. The maximum absolute atomic E-state index is 13.8. The van der Waals surface area contributed by atoms with E-state index in [4.69, 9.17) is 9.47 Å². The van der Waals surface area contributed by atoms with Crippen LogP contribution >= 0.6 is 0 Å². The Morgan fingerprint density at radius 2 is 1.79 bits per heavy atom. The number of amides is 1. The van der Waals surface area contributed by atoms with Crippen molar-refractivity contribution in [3.05, 3.63) is 41.7 Å². The molecule has 1 aromatic carbocycles. The number of fused-ring (bicyclic) bond motifs is 2. The van der Waals surface area contributed by atoms with E-state index in [0.717, 1.165) is 12.1 Å². The monoisotopic (exact) mass is 335 g/mol. The molecule has 8 heteroatoms. The van der Waals surface area contributed by atoms with Crippen LogP contribution in [0.4, 0.5) is 8.78 Å². The Bertz CT molecular complexity index is 769. The smallest absolute Gasteiger partial charge is 0.257 e. The van der Waals surface area contributed by atoms with Crippen molar-refractivity contribution in [1.29, 1.82) is 0 Å². The number of rotatable bonds is 2. The fourth-order valence-electron chi connectivity index (χ4n) is 3.00. The summed E-state index contributed by atoms with van der Waals surface area (Å²) in [6, 6.07) is 1.99. The summed E-state index contributed by atoms with van der Waals surface area (Å²) in [6.45, 7) is 3.08. The Morgan fingerprint density at radius 1 is 1.21 bits per heavy atom. The third-order valence-electron chi connectivity index (χ3n) is 4.26. The standard InChI is InChI=1S/C16H15F2N3O3/c1-2-21-6-9(5-19-21)16(22)20-7-12-13(8-20)24-15-11(18)4-3-10(17)14(15)23-12/h3-6,12-13H,2,7-8H2,1H3/t12-,13+. The Morgan fingerprint density at radius 3 is 2.29 bits per heavy atom. The molecule has 1 aromatic heterocycles. The first-order valence-electron chi connectivity index (χ1n) is 7.70. The van der Waals surface area contributed by atoms with Crippen molar-refractivity contribution in [3.8, 4) is 11.5 Å². The largest absolute Gasteiger partial charge is 0.478 e. The van der Waals surface area contributed by atoms with Crippen LogP contribution in [-0.4, -0.2) is 45.9 Å². The summed E-state index contributed by atoms with van der Waals surface area (Å²) in [7, 11) is 0. The van der Waals surface area contributed by atoms with Crippen LogP contribution in [0.15, 0.2) is 24.5 Å². The molecule has 2 aliphatic rings. The molecular formula is C16H15F2N3O3. The van der Waals surface area contributed by atoms with Crippen LogP contribution in [0, 0.1) is 11.6 Å². The van der Waals surface area contributed by atoms with E-state index in [1.807, 2.05) is 6.92 Å². The van der Waals surface area contributed by atoms with Gasteiger partial charge in [0.15, 0.2) is 23.8 Å². The molecule has 24 heavy (non-hydrogen) atoms. The minimum absolute atomic E-state index is 0.207. The zero-order valence-electron chi connectivity index (χ0n) is 12.9. The summed E-state index contributed by atoms with van der Waals surface area (Å²) in [6.07, 6.45) is 2.11. The van der Waals surface area contributed by atoms with Gasteiger partial charge >= 0.3 is 0 Å². The lowest BCUT2D eigenvalue weighted by Crippen LogP contribution is -2.39. The van der Waals surface area contributed by atoms with Crippen LogP contribution in [0.2, 0.25) is 0 Å². The average Bonchev–Trinajstić information content (AvgIpc) is 3.22. The van der Waals surface area contributed by atoms with Gasteiger partial charge in [0.2, 0.25) is 11.5 Å². The topological polar surface area (TPSA) is 56.6 Å². The molecular weight excluding hydrogens is 320 g/mol. The van der Waals surface area contributed by atoms with E-state index >= 15 is 0 Å². The highest BCUT2D eigenvalue weighted by atomic mass is 19.1. The molecule has 0 saturated carbocycles. The molecule has 2 atom stereocenters. The lowest BCUT2D eigenvalue weighted by atomic mass is 10.2. The van der Waals surface area contributed by atoms with Gasteiger partial charge in [-0.25, -0.2) is 8.78 Å². The molecule has 0 bridgehead atoms. The molecule has 0 spiro atoms. The molecule has 4 rings (SSSR count). The van der Waals surface area contributed by atoms with Gasteiger partial charge in [-0.2, -0.15) is 5.10 Å². The van der Waals surface area contributed by atoms with E-state index in [0.29, 0.717) is 12.1 Å². The van der Waals surface area contributed by atoms with E-state index < -0.39 is 23.8 Å². The molecule has 1 fully saturated rings. The minimum Gasteiger partial charge on any atom is -0.478 e. The first kappa shape index (κ1) is 14.9. The summed E-state index contributed by atoms with van der Waals surface area (Å²) >= 11 is 0. The Kier molecular flexibility index (Phi) is 3.40. The maximum atomic E-state index is 13.8. The van der Waals surface area contributed by atoms with Gasteiger partial charge in [-0.15, -0.1) is 0 Å². The number of carbonyl (C=O) groups excluding carboxylic acids is 1. The lowest BCUT2D eigenvalue weighted by molar-refractivity contribution is 0.0467. The van der Waals surface area contributed by atoms with Crippen LogP contribution < -0.4 is 9.47 Å². The molecule has 3 heterocycles. The Hall–Kier alpha value is -2.64. The van der Waals surface area contributed by atoms with Gasteiger partial charge in [0, 0.05) is 12.7 Å². The van der Waals surface area contributed by atoms with Gasteiger partial charge in [-0.3, -0.25) is 9.48 Å². The van der Waals surface area contributed by atoms with Crippen molar-refractivity contribution in [2.75, 3.05) is 13.1 Å². The lowest BCUT2D eigenvalue weighted by Gasteiger charge is -2.28. The van der Waals surface area contributed by atoms with E-state index in [1.165, 1.54) is 6.20 Å². The summed E-state index contributed by atoms with van der Waals surface area (Å²) < 4.78 is 40.4. The van der Waals surface area contributed by atoms with Gasteiger partial charge < -0.3 is 14.4 Å². The fraction of sp³-hybridized carbons (Fsp3) is 0.375. The van der Waals surface area contributed by atoms with Crippen LogP contribution in [0.3, 0.4) is 0 Å². The third kappa shape index (κ3) is 2.29. The number of aryl methyl sites for hydroxylation is 1. The second-order valence-electron chi connectivity index (χ2n) is 5.79. The van der Waals surface area contributed by atoms with Crippen LogP contribution in [0.1, 0.15) is 17.3 Å². The van der Waals surface area contributed by atoms with Crippen LogP contribution in [-0.2, 0) is 6.54 Å². The number of hydrogen-bond acceptors (Lipinski definition) is 4. The molecule has 2 aliphatic heterocycles. The van der Waals surface area contributed by atoms with E-state index in [2.05, 4.69) is 5.10 Å². The number of likely N-dealkylation sites (tertiary alicyclic amines) is 1. The maximum Gasteiger partial charge on any atom is 0.257 e. The SMILES string of the molecule is CCn1cc(C(=O)N2C[C@@H]3Oc4c(F)ccc(F)c4O[C@@H]3C2)cn1. The highest BCUT2D eigenvalue weighted by Crippen LogP contribution is 2.40. The number of carbonyl (C=O) groups is 1. The van der Waals surface area contributed by atoms with E-state index in [-0.39, 0.29) is 30.5 Å². The molecule has 2 aromatic rings.